The molecule has 5 rings (SSSR count). The molecule has 5 nitrogen and oxygen atoms in total. The van der Waals surface area contributed by atoms with E-state index in [4.69, 9.17) is 4.74 Å². The van der Waals surface area contributed by atoms with E-state index in [9.17, 15) is 19.5 Å². The molecule has 5 heteroatoms. The zero-order valence-electron chi connectivity index (χ0n) is 14.7. The minimum Gasteiger partial charge on any atom is -0.464 e. The number of hydrogen-bond acceptors (Lipinski definition) is 5. The molecule has 0 aromatic carbocycles. The fourth-order valence-electron chi connectivity index (χ4n) is 7.30. The molecule has 25 heavy (non-hydrogen) atoms. The van der Waals surface area contributed by atoms with Crippen molar-refractivity contribution in [2.24, 2.45) is 45.8 Å². The second-order valence-corrected chi connectivity index (χ2v) is 9.45. The normalized spacial score (nSPS) is 52.2. The Kier molecular flexibility index (Phi) is 2.68. The van der Waals surface area contributed by atoms with Gasteiger partial charge in [-0.25, -0.2) is 0 Å². The van der Waals surface area contributed by atoms with Crippen molar-refractivity contribution < 1.29 is 24.2 Å². The number of carbonyl (C=O) groups is 3. The van der Waals surface area contributed by atoms with Crippen molar-refractivity contribution in [3.8, 4) is 0 Å². The molecule has 134 valence electrons. The Morgan fingerprint density at radius 3 is 2.64 bits per heavy atom. The standard InChI is InChI=1S/C20H24O5/c1-9-10-4-5-12-19(6-10,15(9)22)17(24)25-8-20(12)11(7-21)13-14(16(20)23)18(13,2)3/h10-14,21H,1,4-8H2,2-3H3. The predicted molar refractivity (Wildman–Crippen MR) is 87.1 cm³/mol. The van der Waals surface area contributed by atoms with Crippen molar-refractivity contribution in [1.29, 1.82) is 0 Å². The second-order valence-electron chi connectivity index (χ2n) is 9.45. The number of ether oxygens (including phenoxy) is 1. The van der Waals surface area contributed by atoms with Crippen LogP contribution in [0.15, 0.2) is 12.2 Å². The molecule has 1 aliphatic heterocycles. The first-order chi connectivity index (χ1) is 11.7. The van der Waals surface area contributed by atoms with E-state index in [0.717, 1.165) is 6.42 Å². The number of aliphatic hydroxyl groups is 1. The van der Waals surface area contributed by atoms with E-state index < -0.39 is 16.8 Å². The average molecular weight is 344 g/mol. The molecule has 1 saturated heterocycles. The summed E-state index contributed by atoms with van der Waals surface area (Å²) in [5, 5.41) is 10.2. The summed E-state index contributed by atoms with van der Waals surface area (Å²) in [5.41, 5.74) is -1.71. The molecule has 0 aromatic rings. The van der Waals surface area contributed by atoms with E-state index in [1.54, 1.807) is 0 Å². The number of fused-ring (bicyclic) bond motifs is 3. The lowest BCUT2D eigenvalue weighted by atomic mass is 9.50. The van der Waals surface area contributed by atoms with Gasteiger partial charge in [0.25, 0.3) is 0 Å². The summed E-state index contributed by atoms with van der Waals surface area (Å²) in [6.07, 6.45) is 1.88. The van der Waals surface area contributed by atoms with Crippen molar-refractivity contribution in [1.82, 2.24) is 0 Å². The summed E-state index contributed by atoms with van der Waals surface area (Å²) in [6.45, 7) is 7.99. The van der Waals surface area contributed by atoms with Crippen LogP contribution in [0.3, 0.4) is 0 Å². The SMILES string of the molecule is C=C1C(=O)C23CC1CCC2C1(COC3=O)C(=O)C2C(C1CO)C2(C)C. The predicted octanol–water partition coefficient (Wildman–Crippen LogP) is 1.53. The van der Waals surface area contributed by atoms with Gasteiger partial charge in [0, 0.05) is 18.4 Å². The summed E-state index contributed by atoms with van der Waals surface area (Å²) >= 11 is 0. The van der Waals surface area contributed by atoms with E-state index >= 15 is 0 Å². The highest BCUT2D eigenvalue weighted by Gasteiger charge is 2.82. The molecule has 7 unspecified atom stereocenters. The van der Waals surface area contributed by atoms with Crippen molar-refractivity contribution in [2.45, 2.75) is 33.1 Å². The summed E-state index contributed by atoms with van der Waals surface area (Å²) < 4.78 is 5.53. The van der Waals surface area contributed by atoms with Crippen LogP contribution in [-0.2, 0) is 19.1 Å². The van der Waals surface area contributed by atoms with Crippen LogP contribution in [0, 0.1) is 45.8 Å². The number of Topliss-reactive ketones (excluding diaryl/α,β-unsaturated/α-hetero) is 2. The van der Waals surface area contributed by atoms with Crippen LogP contribution in [-0.4, -0.2) is 35.9 Å². The van der Waals surface area contributed by atoms with E-state index in [1.807, 2.05) is 0 Å². The van der Waals surface area contributed by atoms with Gasteiger partial charge in [0.05, 0.1) is 5.41 Å². The topological polar surface area (TPSA) is 80.7 Å². The molecule has 5 aliphatic rings. The van der Waals surface area contributed by atoms with Crippen LogP contribution in [0.4, 0.5) is 0 Å². The van der Waals surface area contributed by atoms with Gasteiger partial charge in [-0.3, -0.25) is 14.4 Å². The number of aliphatic hydroxyl groups excluding tert-OH is 1. The maximum absolute atomic E-state index is 13.5. The minimum atomic E-state index is -1.23. The Morgan fingerprint density at radius 2 is 1.96 bits per heavy atom. The first kappa shape index (κ1) is 15.7. The van der Waals surface area contributed by atoms with Gasteiger partial charge >= 0.3 is 5.97 Å². The molecule has 0 amide bonds. The van der Waals surface area contributed by atoms with Gasteiger partial charge in [-0.05, 0) is 48.0 Å². The van der Waals surface area contributed by atoms with Gasteiger partial charge < -0.3 is 9.84 Å². The third-order valence-corrected chi connectivity index (χ3v) is 8.53. The van der Waals surface area contributed by atoms with Gasteiger partial charge in [0.2, 0.25) is 0 Å². The molecule has 4 aliphatic carbocycles. The molecule has 0 radical (unpaired) electrons. The zero-order chi connectivity index (χ0) is 17.9. The van der Waals surface area contributed by atoms with Crippen molar-refractivity contribution in [2.75, 3.05) is 13.2 Å². The fraction of sp³-hybridized carbons (Fsp3) is 0.750. The molecule has 5 fully saturated rings. The third-order valence-electron chi connectivity index (χ3n) is 8.53. The van der Waals surface area contributed by atoms with Crippen molar-refractivity contribution in [3.63, 3.8) is 0 Å². The molecule has 1 N–H and O–H groups in total. The van der Waals surface area contributed by atoms with Gasteiger partial charge in [-0.15, -0.1) is 0 Å². The Bertz CT molecular complexity index is 751. The number of esters is 1. The molecule has 2 spiro atoms. The molecule has 0 aromatic heterocycles. The highest BCUT2D eigenvalue weighted by molar-refractivity contribution is 6.16. The van der Waals surface area contributed by atoms with Crippen LogP contribution < -0.4 is 0 Å². The number of allylic oxidation sites excluding steroid dienone is 1. The lowest BCUT2D eigenvalue weighted by Crippen LogP contribution is -2.63. The van der Waals surface area contributed by atoms with Crippen LogP contribution in [0.2, 0.25) is 0 Å². The first-order valence-electron chi connectivity index (χ1n) is 9.30. The van der Waals surface area contributed by atoms with Crippen molar-refractivity contribution >= 4 is 17.5 Å². The molecular weight excluding hydrogens is 320 g/mol. The summed E-state index contributed by atoms with van der Waals surface area (Å²) in [6, 6.07) is 0. The molecule has 1 heterocycles. The molecule has 4 saturated carbocycles. The van der Waals surface area contributed by atoms with E-state index in [-0.39, 0.29) is 59.8 Å². The van der Waals surface area contributed by atoms with Gasteiger partial charge in [-0.2, -0.15) is 0 Å². The number of rotatable bonds is 1. The fourth-order valence-corrected chi connectivity index (χ4v) is 7.30. The third kappa shape index (κ3) is 1.39. The highest BCUT2D eigenvalue weighted by atomic mass is 16.5. The molecular formula is C20H24O5. The number of ketones is 2. The maximum Gasteiger partial charge on any atom is 0.320 e. The Hall–Kier alpha value is -1.49. The van der Waals surface area contributed by atoms with E-state index in [2.05, 4.69) is 20.4 Å². The molecule has 2 bridgehead atoms. The van der Waals surface area contributed by atoms with Crippen LogP contribution in [0.5, 0.6) is 0 Å². The maximum atomic E-state index is 13.5. The first-order valence-corrected chi connectivity index (χ1v) is 9.30. The van der Waals surface area contributed by atoms with Crippen LogP contribution in [0.25, 0.3) is 0 Å². The second kappa shape index (κ2) is 4.25. The van der Waals surface area contributed by atoms with Gasteiger partial charge in [0.1, 0.15) is 17.8 Å². The Balaban J connectivity index is 1.67. The lowest BCUT2D eigenvalue weighted by molar-refractivity contribution is -0.200. The van der Waals surface area contributed by atoms with E-state index in [0.29, 0.717) is 18.4 Å². The van der Waals surface area contributed by atoms with Gasteiger partial charge in [-0.1, -0.05) is 20.4 Å². The Morgan fingerprint density at radius 1 is 1.24 bits per heavy atom. The summed E-state index contributed by atoms with van der Waals surface area (Å²) in [5.74, 6) is -1.09. The number of cyclic esters (lactones) is 1. The largest absolute Gasteiger partial charge is 0.464 e. The minimum absolute atomic E-state index is 0.0236. The number of carbonyl (C=O) groups excluding carboxylic acids is 3. The Labute approximate surface area is 146 Å². The summed E-state index contributed by atoms with van der Waals surface area (Å²) in [4.78, 5) is 39.3. The monoisotopic (exact) mass is 344 g/mol. The highest BCUT2D eigenvalue weighted by Crippen LogP contribution is 2.77. The van der Waals surface area contributed by atoms with E-state index in [1.165, 1.54) is 0 Å². The summed E-state index contributed by atoms with van der Waals surface area (Å²) in [7, 11) is 0. The average Bonchev–Trinajstić information content (AvgIpc) is 2.96. The molecule has 7 atom stereocenters. The van der Waals surface area contributed by atoms with Crippen LogP contribution in [0.1, 0.15) is 33.1 Å². The lowest BCUT2D eigenvalue weighted by Gasteiger charge is -2.53. The van der Waals surface area contributed by atoms with Crippen LogP contribution >= 0.6 is 0 Å². The smallest absolute Gasteiger partial charge is 0.320 e. The number of hydrogen-bond donors (Lipinski definition) is 1. The van der Waals surface area contributed by atoms with Crippen molar-refractivity contribution in [3.05, 3.63) is 12.2 Å². The zero-order valence-corrected chi connectivity index (χ0v) is 14.7. The quantitative estimate of drug-likeness (QED) is 0.443. The van der Waals surface area contributed by atoms with Gasteiger partial charge in [0.15, 0.2) is 5.78 Å².